The van der Waals surface area contributed by atoms with Crippen molar-refractivity contribution in [3.63, 3.8) is 0 Å². The van der Waals surface area contributed by atoms with Crippen molar-refractivity contribution in [1.29, 1.82) is 0 Å². The molecule has 0 bridgehead atoms. The maximum Gasteiger partial charge on any atom is 0.0857 e. The number of rotatable bonds is 6. The molecule has 0 aromatic heterocycles. The second kappa shape index (κ2) is 7.49. The Morgan fingerprint density at radius 1 is 1.26 bits per heavy atom. The summed E-state index contributed by atoms with van der Waals surface area (Å²) in [5.74, 6) is 0. The van der Waals surface area contributed by atoms with Gasteiger partial charge in [-0.15, -0.1) is 5.73 Å². The van der Waals surface area contributed by atoms with E-state index in [-0.39, 0.29) is 0 Å². The Bertz CT molecular complexity index is 436. The second-order valence-electron chi connectivity index (χ2n) is 6.01. The van der Waals surface area contributed by atoms with Crippen LogP contribution in [-0.4, -0.2) is 19.3 Å². The molecule has 1 rings (SSSR count). The zero-order chi connectivity index (χ0) is 14.3. The van der Waals surface area contributed by atoms with E-state index in [1.54, 1.807) is 0 Å². The smallest absolute Gasteiger partial charge is 0.0857 e. The summed E-state index contributed by atoms with van der Waals surface area (Å²) in [7, 11) is -1.53. The first-order chi connectivity index (χ1) is 8.95. The van der Waals surface area contributed by atoms with E-state index in [0.717, 1.165) is 18.0 Å². The molecule has 0 amide bonds. The Balaban J connectivity index is 2.90. The molecule has 1 nitrogen and oxygen atoms in total. The van der Waals surface area contributed by atoms with Gasteiger partial charge >= 0.3 is 0 Å². The molecular formula is C17H26OSi. The molecule has 0 aliphatic heterocycles. The van der Waals surface area contributed by atoms with Crippen molar-refractivity contribution >= 4 is 8.07 Å². The fourth-order valence-electron chi connectivity index (χ4n) is 2.08. The first-order valence-corrected chi connectivity index (χ1v) is 10.6. The van der Waals surface area contributed by atoms with E-state index >= 15 is 0 Å². The fraction of sp³-hybridized carbons (Fsp3) is 0.471. The van der Waals surface area contributed by atoms with Crippen LogP contribution in [0.1, 0.15) is 25.3 Å². The molecule has 104 valence electrons. The second-order valence-corrected chi connectivity index (χ2v) is 11.0. The van der Waals surface area contributed by atoms with E-state index < -0.39 is 14.2 Å². The van der Waals surface area contributed by atoms with Crippen molar-refractivity contribution in [2.45, 2.75) is 51.9 Å². The average Bonchev–Trinajstić information content (AvgIpc) is 2.34. The fourth-order valence-corrected chi connectivity index (χ4v) is 3.72. The van der Waals surface area contributed by atoms with Crippen LogP contribution in [0.25, 0.3) is 0 Å². The minimum Gasteiger partial charge on any atom is -0.388 e. The minimum atomic E-state index is -1.53. The summed E-state index contributed by atoms with van der Waals surface area (Å²) in [6, 6.07) is 10.2. The number of hydrogen-bond acceptors (Lipinski definition) is 1. The Labute approximate surface area is 118 Å². The molecule has 0 spiro atoms. The van der Waals surface area contributed by atoms with Crippen molar-refractivity contribution in [2.75, 3.05) is 0 Å². The quantitative estimate of drug-likeness (QED) is 0.604. The molecule has 19 heavy (non-hydrogen) atoms. The van der Waals surface area contributed by atoms with Crippen LogP contribution in [0.5, 0.6) is 0 Å². The van der Waals surface area contributed by atoms with Gasteiger partial charge in [-0.3, -0.25) is 0 Å². The SMILES string of the molecule is CCCC=C=C(C(O)Cc1ccccc1)[Si](C)(C)C. The zero-order valence-electron chi connectivity index (χ0n) is 12.6. The van der Waals surface area contributed by atoms with Crippen LogP contribution < -0.4 is 0 Å². The van der Waals surface area contributed by atoms with Crippen LogP contribution in [0.2, 0.25) is 19.6 Å². The van der Waals surface area contributed by atoms with Crippen molar-refractivity contribution < 1.29 is 5.11 Å². The molecule has 2 heteroatoms. The Hall–Kier alpha value is -1.08. The molecule has 0 aliphatic rings. The lowest BCUT2D eigenvalue weighted by Crippen LogP contribution is -2.32. The van der Waals surface area contributed by atoms with Crippen LogP contribution in [0.15, 0.2) is 47.3 Å². The van der Waals surface area contributed by atoms with Gasteiger partial charge in [0.1, 0.15) is 0 Å². The lowest BCUT2D eigenvalue weighted by Gasteiger charge is -2.24. The molecule has 0 radical (unpaired) electrons. The minimum absolute atomic E-state index is 0.401. The molecule has 0 saturated carbocycles. The van der Waals surface area contributed by atoms with E-state index in [0.29, 0.717) is 6.42 Å². The van der Waals surface area contributed by atoms with E-state index in [9.17, 15) is 5.11 Å². The lowest BCUT2D eigenvalue weighted by atomic mass is 10.1. The van der Waals surface area contributed by atoms with Crippen molar-refractivity contribution in [2.24, 2.45) is 0 Å². The highest BCUT2D eigenvalue weighted by Crippen LogP contribution is 2.20. The van der Waals surface area contributed by atoms with Gasteiger partial charge in [0.05, 0.1) is 14.2 Å². The van der Waals surface area contributed by atoms with Crippen molar-refractivity contribution in [1.82, 2.24) is 0 Å². The Morgan fingerprint density at radius 3 is 2.42 bits per heavy atom. The van der Waals surface area contributed by atoms with Gasteiger partial charge in [0.15, 0.2) is 0 Å². The number of aliphatic hydroxyl groups is 1. The number of aliphatic hydroxyl groups excluding tert-OH is 1. The molecular weight excluding hydrogens is 248 g/mol. The monoisotopic (exact) mass is 274 g/mol. The maximum atomic E-state index is 10.5. The van der Waals surface area contributed by atoms with Crippen LogP contribution in [0.4, 0.5) is 0 Å². The predicted octanol–water partition coefficient (Wildman–Crippen LogP) is 4.35. The number of benzene rings is 1. The highest BCUT2D eigenvalue weighted by molar-refractivity contribution is 6.83. The molecule has 1 aromatic carbocycles. The molecule has 0 saturated heterocycles. The predicted molar refractivity (Wildman–Crippen MR) is 86.0 cm³/mol. The highest BCUT2D eigenvalue weighted by Gasteiger charge is 2.25. The summed E-state index contributed by atoms with van der Waals surface area (Å²) >= 11 is 0. The van der Waals surface area contributed by atoms with Gasteiger partial charge in [-0.2, -0.15) is 0 Å². The molecule has 0 aliphatic carbocycles. The molecule has 1 N–H and O–H groups in total. The van der Waals surface area contributed by atoms with Gasteiger partial charge in [-0.25, -0.2) is 0 Å². The van der Waals surface area contributed by atoms with Gasteiger partial charge in [0.25, 0.3) is 0 Å². The third-order valence-electron chi connectivity index (χ3n) is 3.10. The van der Waals surface area contributed by atoms with E-state index in [2.05, 4.69) is 50.5 Å². The van der Waals surface area contributed by atoms with Gasteiger partial charge in [-0.1, -0.05) is 63.3 Å². The van der Waals surface area contributed by atoms with Crippen molar-refractivity contribution in [3.05, 3.63) is 52.9 Å². The summed E-state index contributed by atoms with van der Waals surface area (Å²) in [5.41, 5.74) is 4.57. The molecule has 0 heterocycles. The third-order valence-corrected chi connectivity index (χ3v) is 5.20. The van der Waals surface area contributed by atoms with Crippen LogP contribution in [-0.2, 0) is 6.42 Å². The largest absolute Gasteiger partial charge is 0.388 e. The standard InChI is InChI=1S/C17H26OSi/c1-5-6-8-13-17(19(2,3)4)16(18)14-15-11-9-7-10-12-15/h7-12,16,18H,5-6,14H2,1-4H3. The topological polar surface area (TPSA) is 20.2 Å². The summed E-state index contributed by atoms with van der Waals surface area (Å²) in [5, 5.41) is 11.6. The van der Waals surface area contributed by atoms with Gasteiger partial charge in [0, 0.05) is 6.42 Å². The average molecular weight is 274 g/mol. The summed E-state index contributed by atoms with van der Waals surface area (Å²) in [6.45, 7) is 8.96. The summed E-state index contributed by atoms with van der Waals surface area (Å²) < 4.78 is 0. The maximum absolute atomic E-state index is 10.5. The lowest BCUT2D eigenvalue weighted by molar-refractivity contribution is 0.218. The number of unbranched alkanes of at least 4 members (excludes halogenated alkanes) is 1. The first kappa shape index (κ1) is 16.0. The van der Waals surface area contributed by atoms with Crippen LogP contribution in [0.3, 0.4) is 0 Å². The first-order valence-electron chi connectivity index (χ1n) is 7.12. The van der Waals surface area contributed by atoms with E-state index in [4.69, 9.17) is 0 Å². The van der Waals surface area contributed by atoms with Crippen molar-refractivity contribution in [3.8, 4) is 0 Å². The zero-order valence-corrected chi connectivity index (χ0v) is 13.6. The Kier molecular flexibility index (Phi) is 6.30. The van der Waals surface area contributed by atoms with Gasteiger partial charge < -0.3 is 5.11 Å². The van der Waals surface area contributed by atoms with Crippen LogP contribution >= 0.6 is 0 Å². The molecule has 0 fully saturated rings. The van der Waals surface area contributed by atoms with E-state index in [1.807, 2.05) is 18.2 Å². The third kappa shape index (κ3) is 5.60. The van der Waals surface area contributed by atoms with E-state index in [1.165, 1.54) is 5.56 Å². The van der Waals surface area contributed by atoms with Gasteiger partial charge in [0.2, 0.25) is 0 Å². The van der Waals surface area contributed by atoms with Gasteiger partial charge in [-0.05, 0) is 23.3 Å². The normalized spacial score (nSPS) is 12.7. The van der Waals surface area contributed by atoms with Crippen LogP contribution in [0, 0.1) is 0 Å². The molecule has 1 atom stereocenters. The molecule has 1 unspecified atom stereocenters. The number of hydrogen-bond donors (Lipinski definition) is 1. The Morgan fingerprint density at radius 2 is 1.89 bits per heavy atom. The summed E-state index contributed by atoms with van der Waals surface area (Å²) in [6.07, 6.45) is 4.53. The summed E-state index contributed by atoms with van der Waals surface area (Å²) in [4.78, 5) is 0. The molecule has 1 aromatic rings. The highest BCUT2D eigenvalue weighted by atomic mass is 28.3.